The number of carbonyl (C=O) groups is 2. The van der Waals surface area contributed by atoms with E-state index in [1.54, 1.807) is 0 Å². The number of carboxylic acid groups (broad SMARTS) is 1. The van der Waals surface area contributed by atoms with Crippen LogP contribution in [0.1, 0.15) is 0 Å². The number of alkyl halides is 1. The maximum Gasteiger partial charge on any atom is 0.340 e. The molecule has 1 unspecified atom stereocenters. The van der Waals surface area contributed by atoms with E-state index in [0.717, 1.165) is 0 Å². The normalized spacial score (nSPS) is 19.5. The van der Waals surface area contributed by atoms with Crippen LogP contribution in [-0.2, 0) is 9.59 Å². The first-order valence-corrected chi connectivity index (χ1v) is 3.42. The first kappa shape index (κ1) is 12.9. The molecule has 0 aromatic rings. The Morgan fingerprint density at radius 3 is 1.79 bits per heavy atom. The van der Waals surface area contributed by atoms with Crippen molar-refractivity contribution in [2.45, 2.75) is 24.7 Å². The predicted molar refractivity (Wildman–Crippen MR) is 37.8 cm³/mol. The maximum atomic E-state index is 11.9. The fourth-order valence-electron chi connectivity index (χ4n) is 0.602. The van der Waals surface area contributed by atoms with Gasteiger partial charge in [-0.25, -0.2) is 9.18 Å². The number of aliphatic hydroxyl groups is 4. The van der Waals surface area contributed by atoms with Crippen molar-refractivity contribution in [3.63, 3.8) is 0 Å². The number of aliphatic carboxylic acids is 1. The number of hydrogen-bond donors (Lipinski definition) is 5. The first-order chi connectivity index (χ1) is 6.29. The summed E-state index contributed by atoms with van der Waals surface area (Å²) in [5.41, 5.74) is 0. The van der Waals surface area contributed by atoms with Gasteiger partial charge in [-0.3, -0.25) is 4.79 Å². The number of rotatable bonds is 5. The summed E-state index contributed by atoms with van der Waals surface area (Å²) in [7, 11) is 0. The van der Waals surface area contributed by atoms with E-state index >= 15 is 0 Å². The molecule has 8 heteroatoms. The molecule has 7 nitrogen and oxygen atoms in total. The van der Waals surface area contributed by atoms with Gasteiger partial charge in [0.05, 0.1) is 0 Å². The molecule has 0 amide bonds. The van der Waals surface area contributed by atoms with E-state index in [-0.39, 0.29) is 0 Å². The molecule has 0 aliphatic rings. The van der Waals surface area contributed by atoms with Gasteiger partial charge in [0.1, 0.15) is 12.2 Å². The highest BCUT2D eigenvalue weighted by molar-refractivity contribution is 6.03. The van der Waals surface area contributed by atoms with Crippen LogP contribution in [0.15, 0.2) is 0 Å². The van der Waals surface area contributed by atoms with E-state index < -0.39 is 36.4 Å². The summed E-state index contributed by atoms with van der Waals surface area (Å²) < 4.78 is 11.9. The summed E-state index contributed by atoms with van der Waals surface area (Å²) in [6, 6.07) is 0. The number of Topliss-reactive ketones (excluding diaryl/α,β-unsaturated/α-hetero) is 1. The Labute approximate surface area is 77.0 Å². The minimum Gasteiger partial charge on any atom is -0.479 e. The molecule has 82 valence electrons. The van der Waals surface area contributed by atoms with Gasteiger partial charge in [0.25, 0.3) is 0 Å². The highest BCUT2D eigenvalue weighted by Gasteiger charge is 2.36. The van der Waals surface area contributed by atoms with Crippen LogP contribution in [-0.4, -0.2) is 62.0 Å². The average molecular weight is 212 g/mol. The summed E-state index contributed by atoms with van der Waals surface area (Å²) in [6.07, 6.45) is -10.5. The van der Waals surface area contributed by atoms with Crippen molar-refractivity contribution >= 4 is 11.8 Å². The predicted octanol–water partition coefficient (Wildman–Crippen LogP) is -2.99. The third-order valence-electron chi connectivity index (χ3n) is 1.40. The fourth-order valence-corrected chi connectivity index (χ4v) is 0.602. The molecule has 0 fully saturated rings. The van der Waals surface area contributed by atoms with Crippen molar-refractivity contribution in [3.8, 4) is 0 Å². The van der Waals surface area contributed by atoms with Crippen LogP contribution in [0.3, 0.4) is 0 Å². The Balaban J connectivity index is 4.46. The van der Waals surface area contributed by atoms with Gasteiger partial charge in [-0.1, -0.05) is 0 Å². The van der Waals surface area contributed by atoms with Crippen molar-refractivity contribution in [3.05, 3.63) is 0 Å². The molecule has 0 rings (SSSR count). The Bertz CT molecular complexity index is 228. The minimum atomic E-state index is -2.91. The van der Waals surface area contributed by atoms with Gasteiger partial charge in [0, 0.05) is 0 Å². The topological polar surface area (TPSA) is 135 Å². The SMILES string of the molecule is O=C(O)[C@@H](O)C(=O)[C@H](O)[C@@H](O)C(O)F. The van der Waals surface area contributed by atoms with Crippen LogP contribution in [0, 0.1) is 0 Å². The standard InChI is InChI=1S/C6H9FO7/c7-5(12)3(10)1(8)2(9)4(11)6(13)14/h1,3-5,8,10-12H,(H,13,14)/t1-,3+,4-,5?/m0/s1. The van der Waals surface area contributed by atoms with Crippen molar-refractivity contribution in [1.82, 2.24) is 0 Å². The molecule has 0 bridgehead atoms. The van der Waals surface area contributed by atoms with E-state index in [2.05, 4.69) is 0 Å². The van der Waals surface area contributed by atoms with Gasteiger partial charge in [-0.2, -0.15) is 0 Å². The van der Waals surface area contributed by atoms with E-state index in [1.807, 2.05) is 0 Å². The number of carboxylic acids is 1. The minimum absolute atomic E-state index is 1.71. The molecule has 0 radical (unpaired) electrons. The van der Waals surface area contributed by atoms with E-state index in [1.165, 1.54) is 0 Å². The number of halogens is 1. The maximum absolute atomic E-state index is 11.9. The Morgan fingerprint density at radius 1 is 1.07 bits per heavy atom. The van der Waals surface area contributed by atoms with Crippen molar-refractivity contribution in [1.29, 1.82) is 0 Å². The van der Waals surface area contributed by atoms with Crippen LogP contribution in [0.25, 0.3) is 0 Å². The van der Waals surface area contributed by atoms with E-state index in [9.17, 15) is 14.0 Å². The lowest BCUT2D eigenvalue weighted by Crippen LogP contribution is -2.47. The van der Waals surface area contributed by atoms with Crippen LogP contribution >= 0.6 is 0 Å². The molecule has 5 N–H and O–H groups in total. The first-order valence-electron chi connectivity index (χ1n) is 3.42. The van der Waals surface area contributed by atoms with Gasteiger partial charge in [0.2, 0.25) is 18.2 Å². The van der Waals surface area contributed by atoms with Gasteiger partial charge in [0.15, 0.2) is 0 Å². The second-order valence-electron chi connectivity index (χ2n) is 2.45. The van der Waals surface area contributed by atoms with Crippen molar-refractivity contribution in [2.24, 2.45) is 0 Å². The zero-order valence-corrected chi connectivity index (χ0v) is 6.74. The third-order valence-corrected chi connectivity index (χ3v) is 1.40. The van der Waals surface area contributed by atoms with Crippen LogP contribution in [0.2, 0.25) is 0 Å². The molecule has 0 aliphatic carbocycles. The summed E-state index contributed by atoms with van der Waals surface area (Å²) in [5.74, 6) is -3.66. The molecule has 0 aromatic carbocycles. The van der Waals surface area contributed by atoms with Gasteiger partial charge in [-0.15, -0.1) is 0 Å². The number of hydrogen-bond acceptors (Lipinski definition) is 6. The van der Waals surface area contributed by atoms with Gasteiger partial charge >= 0.3 is 5.97 Å². The molecule has 0 saturated carbocycles. The van der Waals surface area contributed by atoms with Crippen LogP contribution in [0.5, 0.6) is 0 Å². The lowest BCUT2D eigenvalue weighted by atomic mass is 10.1. The Hall–Kier alpha value is -1.09. The van der Waals surface area contributed by atoms with Crippen LogP contribution < -0.4 is 0 Å². The highest BCUT2D eigenvalue weighted by atomic mass is 19.1. The lowest BCUT2D eigenvalue weighted by molar-refractivity contribution is -0.165. The Morgan fingerprint density at radius 2 is 1.50 bits per heavy atom. The summed E-state index contributed by atoms with van der Waals surface area (Å²) in [4.78, 5) is 20.7. The molecule has 14 heavy (non-hydrogen) atoms. The van der Waals surface area contributed by atoms with Gasteiger partial charge < -0.3 is 25.5 Å². The average Bonchev–Trinajstić information content (AvgIpc) is 2.12. The number of ketones is 1. The van der Waals surface area contributed by atoms with E-state index in [0.29, 0.717) is 0 Å². The highest BCUT2D eigenvalue weighted by Crippen LogP contribution is 2.05. The second kappa shape index (κ2) is 4.96. The van der Waals surface area contributed by atoms with E-state index in [4.69, 9.17) is 25.5 Å². The summed E-state index contributed by atoms with van der Waals surface area (Å²) in [6.45, 7) is 0. The summed E-state index contributed by atoms with van der Waals surface area (Å²) in [5, 5.41) is 42.1. The molecule has 4 atom stereocenters. The van der Waals surface area contributed by atoms with Crippen LogP contribution in [0.4, 0.5) is 4.39 Å². The molecule has 0 heterocycles. The van der Waals surface area contributed by atoms with Gasteiger partial charge in [-0.05, 0) is 0 Å². The number of carbonyl (C=O) groups excluding carboxylic acids is 1. The molecule has 0 aliphatic heterocycles. The largest absolute Gasteiger partial charge is 0.479 e. The van der Waals surface area contributed by atoms with Crippen molar-refractivity contribution in [2.75, 3.05) is 0 Å². The lowest BCUT2D eigenvalue weighted by Gasteiger charge is -2.17. The fraction of sp³-hybridized carbons (Fsp3) is 0.667. The molecular weight excluding hydrogens is 203 g/mol. The number of aliphatic hydroxyl groups excluding tert-OH is 4. The second-order valence-corrected chi connectivity index (χ2v) is 2.45. The zero-order chi connectivity index (χ0) is 11.5. The molecular formula is C6H9FO7. The Kier molecular flexibility index (Phi) is 4.57. The monoisotopic (exact) mass is 212 g/mol. The van der Waals surface area contributed by atoms with Crippen molar-refractivity contribution < 1.29 is 39.5 Å². The molecule has 0 spiro atoms. The molecule has 0 aromatic heterocycles. The zero-order valence-electron chi connectivity index (χ0n) is 6.74. The summed E-state index contributed by atoms with van der Waals surface area (Å²) >= 11 is 0. The third kappa shape index (κ3) is 3.00. The smallest absolute Gasteiger partial charge is 0.340 e. The quantitative estimate of drug-likeness (QED) is 0.306. The molecule has 0 saturated heterocycles.